The Hall–Kier alpha value is -2.82. The average Bonchev–Trinajstić information content (AvgIpc) is 3.04. The zero-order chi connectivity index (χ0) is 23.4. The molecule has 0 saturated carbocycles. The number of ether oxygens (including phenoxy) is 2. The van der Waals surface area contributed by atoms with Crippen LogP contribution in [-0.2, 0) is 37.1 Å². The molecule has 32 heavy (non-hydrogen) atoms. The molecule has 3 rings (SSSR count). The molecule has 1 aromatic carbocycles. The van der Waals surface area contributed by atoms with Crippen molar-refractivity contribution in [2.75, 3.05) is 25.7 Å². The molecule has 1 amide bonds. The van der Waals surface area contributed by atoms with Crippen molar-refractivity contribution in [3.63, 3.8) is 0 Å². The number of carbonyl (C=O) groups is 1. The number of benzene rings is 1. The first kappa shape index (κ1) is 23.8. The minimum atomic E-state index is -3.18. The number of methoxy groups -OCH3 is 1. The lowest BCUT2D eigenvalue weighted by Crippen LogP contribution is -2.48. The number of hydrogen-bond donors (Lipinski definition) is 1. The number of nitrogens with one attached hydrogen (secondary N) is 1. The van der Waals surface area contributed by atoms with E-state index in [1.165, 1.54) is 0 Å². The molecule has 0 aliphatic heterocycles. The van der Waals surface area contributed by atoms with E-state index in [1.54, 1.807) is 38.0 Å². The van der Waals surface area contributed by atoms with E-state index in [2.05, 4.69) is 15.4 Å². The summed E-state index contributed by atoms with van der Waals surface area (Å²) in [7, 11) is -1.56. The second kappa shape index (κ2) is 9.76. The summed E-state index contributed by atoms with van der Waals surface area (Å²) in [6.07, 6.45) is 4.60. The van der Waals surface area contributed by atoms with Crippen LogP contribution >= 0.6 is 0 Å². The predicted molar refractivity (Wildman–Crippen MR) is 121 cm³/mol. The summed E-state index contributed by atoms with van der Waals surface area (Å²) >= 11 is 0. The van der Waals surface area contributed by atoms with Crippen LogP contribution in [-0.4, -0.2) is 56.5 Å². The molecule has 3 aromatic rings. The number of rotatable bonds is 10. The Bertz CT molecular complexity index is 1120. The second-order valence-electron chi connectivity index (χ2n) is 8.11. The smallest absolute Gasteiger partial charge is 0.263 e. The summed E-state index contributed by atoms with van der Waals surface area (Å²) < 4.78 is 35.8. The average molecular weight is 461 g/mol. The van der Waals surface area contributed by atoms with E-state index in [4.69, 9.17) is 9.47 Å². The van der Waals surface area contributed by atoms with Crippen molar-refractivity contribution >= 4 is 27.0 Å². The molecule has 0 aliphatic carbocycles. The van der Waals surface area contributed by atoms with Crippen molar-refractivity contribution in [3.05, 3.63) is 53.9 Å². The van der Waals surface area contributed by atoms with Gasteiger partial charge in [-0.3, -0.25) is 14.5 Å². The number of amides is 1. The topological polar surface area (TPSA) is 118 Å². The van der Waals surface area contributed by atoms with Crippen molar-refractivity contribution in [2.24, 2.45) is 0 Å². The SMILES string of the molecule is COCc1ccc2c(c1)c(OC(C)(C)C(=O)NCC[S+](C)(=O)[O-])nn2Cc1cccnc1. The lowest BCUT2D eigenvalue weighted by atomic mass is 10.1. The van der Waals surface area contributed by atoms with E-state index in [9.17, 15) is 13.6 Å². The lowest BCUT2D eigenvalue weighted by molar-refractivity contribution is -0.134. The van der Waals surface area contributed by atoms with Gasteiger partial charge in [0.25, 0.3) is 5.91 Å². The Morgan fingerprint density at radius 1 is 1.28 bits per heavy atom. The highest BCUT2D eigenvalue weighted by molar-refractivity contribution is 7.96. The number of sulfone groups is 1. The number of hydrogen-bond acceptors (Lipinski definition) is 7. The van der Waals surface area contributed by atoms with Crippen LogP contribution in [0.5, 0.6) is 5.88 Å². The fourth-order valence-electron chi connectivity index (χ4n) is 3.16. The zero-order valence-corrected chi connectivity index (χ0v) is 19.5. The van der Waals surface area contributed by atoms with Crippen LogP contribution in [0.15, 0.2) is 42.7 Å². The molecular formula is C22H28N4O5S. The molecule has 1 unspecified atom stereocenters. The van der Waals surface area contributed by atoms with Crippen LogP contribution in [0.4, 0.5) is 0 Å². The Balaban J connectivity index is 1.89. The van der Waals surface area contributed by atoms with Gasteiger partial charge in [-0.1, -0.05) is 12.1 Å². The third-order valence-electron chi connectivity index (χ3n) is 4.80. The van der Waals surface area contributed by atoms with E-state index >= 15 is 0 Å². The third kappa shape index (κ3) is 6.12. The molecule has 0 fully saturated rings. The van der Waals surface area contributed by atoms with Crippen molar-refractivity contribution in [1.29, 1.82) is 0 Å². The van der Waals surface area contributed by atoms with Gasteiger partial charge in [0.2, 0.25) is 5.88 Å². The molecule has 0 saturated heterocycles. The standard InChI is InChI=1S/C22H28N4O5S/c1-22(2,21(27)24-10-11-32(4,28)29)31-20-18-12-16(15-30-3)7-8-19(18)26(25-20)14-17-6-5-9-23-13-17/h5-9,12-13H,10-11,14-15H2,1-4H3,(H-,24,27,28,29). The predicted octanol–water partition coefficient (Wildman–Crippen LogP) is 2.16. The van der Waals surface area contributed by atoms with E-state index < -0.39 is 21.7 Å². The number of fused-ring (bicyclic) bond motifs is 1. The van der Waals surface area contributed by atoms with Crippen LogP contribution in [0.25, 0.3) is 10.9 Å². The molecule has 2 heterocycles. The monoisotopic (exact) mass is 460 g/mol. The Labute approximate surface area is 188 Å². The summed E-state index contributed by atoms with van der Waals surface area (Å²) in [4.78, 5) is 16.8. The highest BCUT2D eigenvalue weighted by Crippen LogP contribution is 2.30. The van der Waals surface area contributed by atoms with Gasteiger partial charge in [-0.2, -0.15) is 0 Å². The lowest BCUT2D eigenvalue weighted by Gasteiger charge is -2.24. The summed E-state index contributed by atoms with van der Waals surface area (Å²) in [6.45, 7) is 4.16. The summed E-state index contributed by atoms with van der Waals surface area (Å²) in [5, 5.41) is 7.99. The number of nitrogens with zero attached hydrogens (tertiary/aromatic N) is 3. The number of carbonyl (C=O) groups excluding carboxylic acids is 1. The highest BCUT2D eigenvalue weighted by atomic mass is 32.3. The summed E-state index contributed by atoms with van der Waals surface area (Å²) in [6, 6.07) is 9.65. The third-order valence-corrected chi connectivity index (χ3v) is 5.75. The maximum absolute atomic E-state index is 12.7. The minimum Gasteiger partial charge on any atom is -0.615 e. The maximum Gasteiger partial charge on any atom is 0.263 e. The molecule has 0 spiro atoms. The Morgan fingerprint density at radius 3 is 2.72 bits per heavy atom. The molecule has 2 aromatic heterocycles. The van der Waals surface area contributed by atoms with E-state index in [-0.39, 0.29) is 12.3 Å². The Kier molecular flexibility index (Phi) is 7.27. The zero-order valence-electron chi connectivity index (χ0n) is 18.7. The summed E-state index contributed by atoms with van der Waals surface area (Å²) in [5.74, 6) is -0.257. The highest BCUT2D eigenvalue weighted by Gasteiger charge is 2.32. The van der Waals surface area contributed by atoms with Crippen LogP contribution in [0.3, 0.4) is 0 Å². The van der Waals surface area contributed by atoms with Gasteiger partial charge < -0.3 is 19.3 Å². The van der Waals surface area contributed by atoms with E-state index in [0.29, 0.717) is 19.0 Å². The van der Waals surface area contributed by atoms with Gasteiger partial charge in [0.1, 0.15) is 5.75 Å². The van der Waals surface area contributed by atoms with Gasteiger partial charge in [-0.05, 0) is 43.2 Å². The summed E-state index contributed by atoms with van der Waals surface area (Å²) in [5.41, 5.74) is 1.50. The first-order valence-electron chi connectivity index (χ1n) is 10.1. The van der Waals surface area contributed by atoms with E-state index in [1.807, 2.05) is 30.3 Å². The minimum absolute atomic E-state index is 0.0125. The first-order valence-corrected chi connectivity index (χ1v) is 12.2. The maximum atomic E-state index is 12.7. The molecule has 0 radical (unpaired) electrons. The molecule has 1 N–H and O–H groups in total. The molecular weight excluding hydrogens is 432 g/mol. The Morgan fingerprint density at radius 2 is 2.06 bits per heavy atom. The van der Waals surface area contributed by atoms with Gasteiger partial charge in [-0.25, -0.2) is 0 Å². The van der Waals surface area contributed by atoms with Crippen LogP contribution in [0.2, 0.25) is 0 Å². The van der Waals surface area contributed by atoms with Crippen LogP contribution in [0.1, 0.15) is 25.0 Å². The molecule has 0 bridgehead atoms. The van der Waals surface area contributed by atoms with Gasteiger partial charge in [-0.15, -0.1) is 9.31 Å². The fourth-order valence-corrected chi connectivity index (χ4v) is 3.64. The number of aromatic nitrogens is 3. The van der Waals surface area contributed by atoms with Crippen molar-refractivity contribution in [3.8, 4) is 5.88 Å². The molecule has 172 valence electrons. The molecule has 9 nitrogen and oxygen atoms in total. The van der Waals surface area contributed by atoms with Crippen molar-refractivity contribution < 1.29 is 23.0 Å². The molecule has 0 aliphatic rings. The van der Waals surface area contributed by atoms with Gasteiger partial charge in [0.15, 0.2) is 5.60 Å². The van der Waals surface area contributed by atoms with Crippen LogP contribution < -0.4 is 10.1 Å². The molecule has 10 heteroatoms. The van der Waals surface area contributed by atoms with Gasteiger partial charge >= 0.3 is 0 Å². The first-order chi connectivity index (χ1) is 15.1. The normalized spacial score (nSPS) is 13.7. The van der Waals surface area contributed by atoms with Gasteiger partial charge in [0.05, 0.1) is 36.9 Å². The van der Waals surface area contributed by atoms with Crippen molar-refractivity contribution in [2.45, 2.75) is 32.6 Å². The largest absolute Gasteiger partial charge is 0.615 e. The second-order valence-corrected chi connectivity index (χ2v) is 10.4. The quantitative estimate of drug-likeness (QED) is 0.461. The van der Waals surface area contributed by atoms with Gasteiger partial charge in [0, 0.05) is 29.7 Å². The number of pyridine rings is 1. The van der Waals surface area contributed by atoms with E-state index in [0.717, 1.165) is 28.3 Å². The fraction of sp³-hybridized carbons (Fsp3) is 0.409. The van der Waals surface area contributed by atoms with Crippen LogP contribution in [0, 0.1) is 0 Å². The van der Waals surface area contributed by atoms with Crippen molar-refractivity contribution in [1.82, 2.24) is 20.1 Å². The molecule has 1 atom stereocenters.